The van der Waals surface area contributed by atoms with Crippen LogP contribution in [0.2, 0.25) is 5.02 Å². The van der Waals surface area contributed by atoms with Gasteiger partial charge in [-0.25, -0.2) is 4.79 Å². The quantitative estimate of drug-likeness (QED) is 0.292. The summed E-state index contributed by atoms with van der Waals surface area (Å²) in [4.78, 5) is 27.5. The maximum Gasteiger partial charge on any atom is 0.348 e. The van der Waals surface area contributed by atoms with Crippen LogP contribution in [0.25, 0.3) is 0 Å². The second-order valence-corrected chi connectivity index (χ2v) is 9.17. The number of amides is 1. The SMILES string of the molecule is O=C(COC(=O)C(O)(c1ccccc1)c1ccccc1)Nc1ccccc1Sc1ccc(Cl)cc1. The molecule has 7 heteroatoms. The highest BCUT2D eigenvalue weighted by molar-refractivity contribution is 7.99. The minimum absolute atomic E-state index is 0.348. The summed E-state index contributed by atoms with van der Waals surface area (Å²) in [5, 5.41) is 14.9. The fourth-order valence-electron chi connectivity index (χ4n) is 3.47. The minimum Gasteiger partial charge on any atom is -0.453 e. The van der Waals surface area contributed by atoms with Gasteiger partial charge in [-0.1, -0.05) is 96.2 Å². The van der Waals surface area contributed by atoms with Crippen LogP contribution in [-0.4, -0.2) is 23.6 Å². The molecule has 0 atom stereocenters. The summed E-state index contributed by atoms with van der Waals surface area (Å²) in [6.07, 6.45) is 0. The highest BCUT2D eigenvalue weighted by Gasteiger charge is 2.41. The van der Waals surface area contributed by atoms with E-state index in [1.54, 1.807) is 84.9 Å². The first-order valence-corrected chi connectivity index (χ1v) is 12.0. The molecule has 0 aliphatic carbocycles. The van der Waals surface area contributed by atoms with E-state index in [4.69, 9.17) is 16.3 Å². The van der Waals surface area contributed by atoms with Crippen molar-refractivity contribution in [2.75, 3.05) is 11.9 Å². The molecular weight excluding hydrogens is 482 g/mol. The third-order valence-corrected chi connectivity index (χ3v) is 6.55. The smallest absolute Gasteiger partial charge is 0.348 e. The van der Waals surface area contributed by atoms with Crippen LogP contribution in [0.15, 0.2) is 119 Å². The van der Waals surface area contributed by atoms with Gasteiger partial charge in [0.15, 0.2) is 6.61 Å². The van der Waals surface area contributed by atoms with E-state index in [1.807, 2.05) is 24.3 Å². The van der Waals surface area contributed by atoms with Gasteiger partial charge in [-0.05, 0) is 47.5 Å². The van der Waals surface area contributed by atoms with Crippen LogP contribution in [0, 0.1) is 0 Å². The highest BCUT2D eigenvalue weighted by Crippen LogP contribution is 2.34. The number of esters is 1. The Hall–Kier alpha value is -3.58. The van der Waals surface area contributed by atoms with Gasteiger partial charge in [0.2, 0.25) is 5.60 Å². The Kier molecular flexibility index (Phi) is 7.87. The van der Waals surface area contributed by atoms with Gasteiger partial charge in [0.25, 0.3) is 5.91 Å². The maximum atomic E-state index is 13.1. The van der Waals surface area contributed by atoms with Crippen molar-refractivity contribution in [1.29, 1.82) is 0 Å². The Morgan fingerprint density at radius 3 is 1.94 bits per heavy atom. The summed E-state index contributed by atoms with van der Waals surface area (Å²) in [7, 11) is 0. The van der Waals surface area contributed by atoms with E-state index < -0.39 is 24.1 Å². The molecule has 4 aromatic carbocycles. The number of benzene rings is 4. The van der Waals surface area contributed by atoms with E-state index in [2.05, 4.69) is 5.32 Å². The zero-order chi connectivity index (χ0) is 24.7. The van der Waals surface area contributed by atoms with Gasteiger partial charge in [0.05, 0.1) is 5.69 Å². The number of carbonyl (C=O) groups excluding carboxylic acids is 2. The van der Waals surface area contributed by atoms with E-state index in [1.165, 1.54) is 11.8 Å². The molecule has 0 saturated carbocycles. The Morgan fingerprint density at radius 1 is 0.800 bits per heavy atom. The molecule has 5 nitrogen and oxygen atoms in total. The number of anilines is 1. The lowest BCUT2D eigenvalue weighted by molar-refractivity contribution is -0.163. The Balaban J connectivity index is 1.46. The number of hydrogen-bond donors (Lipinski definition) is 2. The van der Waals surface area contributed by atoms with Gasteiger partial charge in [-0.15, -0.1) is 0 Å². The van der Waals surface area contributed by atoms with E-state index in [9.17, 15) is 14.7 Å². The third kappa shape index (κ3) is 5.92. The summed E-state index contributed by atoms with van der Waals surface area (Å²) >= 11 is 7.43. The van der Waals surface area contributed by atoms with Crippen LogP contribution in [0.5, 0.6) is 0 Å². The van der Waals surface area contributed by atoms with Crippen LogP contribution < -0.4 is 5.32 Å². The van der Waals surface area contributed by atoms with Gasteiger partial charge in [0, 0.05) is 14.8 Å². The number of halogens is 1. The van der Waals surface area contributed by atoms with Crippen molar-refractivity contribution in [2.45, 2.75) is 15.4 Å². The fraction of sp³-hybridized carbons (Fsp3) is 0.0714. The first-order chi connectivity index (χ1) is 17.0. The molecule has 176 valence electrons. The second kappa shape index (κ2) is 11.2. The van der Waals surface area contributed by atoms with Crippen molar-refractivity contribution in [3.8, 4) is 0 Å². The molecule has 0 spiro atoms. The number of ether oxygens (including phenoxy) is 1. The van der Waals surface area contributed by atoms with Gasteiger partial charge >= 0.3 is 5.97 Å². The van der Waals surface area contributed by atoms with Crippen LogP contribution >= 0.6 is 23.4 Å². The first kappa shape index (κ1) is 24.5. The standard InChI is InChI=1S/C28H22ClNO4S/c29-22-15-17-23(18-16-22)35-25-14-8-7-13-24(25)30-26(31)19-34-27(32)28(33,20-9-3-1-4-10-20)21-11-5-2-6-12-21/h1-18,33H,19H2,(H,30,31). The van der Waals surface area contributed by atoms with E-state index in [-0.39, 0.29) is 0 Å². The molecule has 0 radical (unpaired) electrons. The topological polar surface area (TPSA) is 75.6 Å². The van der Waals surface area contributed by atoms with Gasteiger partial charge in [0.1, 0.15) is 0 Å². The molecule has 0 fully saturated rings. The van der Waals surface area contributed by atoms with Crippen molar-refractivity contribution in [1.82, 2.24) is 0 Å². The summed E-state index contributed by atoms with van der Waals surface area (Å²) in [6, 6.07) is 31.7. The summed E-state index contributed by atoms with van der Waals surface area (Å²) in [6.45, 7) is -0.555. The molecule has 0 aromatic heterocycles. The van der Waals surface area contributed by atoms with Gasteiger partial charge in [-0.3, -0.25) is 4.79 Å². The largest absolute Gasteiger partial charge is 0.453 e. The van der Waals surface area contributed by atoms with E-state index >= 15 is 0 Å². The van der Waals surface area contributed by atoms with Crippen molar-refractivity contribution in [3.05, 3.63) is 125 Å². The summed E-state index contributed by atoms with van der Waals surface area (Å²) in [5.41, 5.74) is -0.775. The molecule has 0 heterocycles. The van der Waals surface area contributed by atoms with Crippen molar-refractivity contribution in [3.63, 3.8) is 0 Å². The lowest BCUT2D eigenvalue weighted by atomic mass is 9.86. The molecule has 4 aromatic rings. The molecular formula is C28H22ClNO4S. The minimum atomic E-state index is -2.05. The molecule has 0 unspecified atom stereocenters. The molecule has 0 aliphatic heterocycles. The van der Waals surface area contributed by atoms with Gasteiger partial charge < -0.3 is 15.2 Å². The zero-order valence-corrected chi connectivity index (χ0v) is 20.1. The Bertz CT molecular complexity index is 1260. The number of hydrogen-bond acceptors (Lipinski definition) is 5. The lowest BCUT2D eigenvalue weighted by Gasteiger charge is -2.27. The molecule has 0 saturated heterocycles. The molecule has 0 bridgehead atoms. The van der Waals surface area contributed by atoms with Crippen LogP contribution in [0.4, 0.5) is 5.69 Å². The number of nitrogens with one attached hydrogen (secondary N) is 1. The number of carbonyl (C=O) groups is 2. The lowest BCUT2D eigenvalue weighted by Crippen LogP contribution is -2.39. The van der Waals surface area contributed by atoms with Crippen molar-refractivity contribution in [2.24, 2.45) is 0 Å². The van der Waals surface area contributed by atoms with Crippen LogP contribution in [0.1, 0.15) is 11.1 Å². The number of rotatable bonds is 8. The predicted molar refractivity (Wildman–Crippen MR) is 137 cm³/mol. The first-order valence-electron chi connectivity index (χ1n) is 10.8. The molecule has 2 N–H and O–H groups in total. The molecule has 4 rings (SSSR count). The number of aliphatic hydroxyl groups is 1. The second-order valence-electron chi connectivity index (χ2n) is 7.62. The van der Waals surface area contributed by atoms with Crippen molar-refractivity contribution < 1.29 is 19.4 Å². The van der Waals surface area contributed by atoms with Crippen molar-refractivity contribution >= 4 is 40.9 Å². The Labute approximate surface area is 212 Å². The van der Waals surface area contributed by atoms with Crippen LogP contribution in [0.3, 0.4) is 0 Å². The molecule has 0 aliphatic rings. The molecule has 35 heavy (non-hydrogen) atoms. The zero-order valence-electron chi connectivity index (χ0n) is 18.6. The predicted octanol–water partition coefficient (Wildman–Crippen LogP) is 5.91. The molecule has 1 amide bonds. The average molecular weight is 504 g/mol. The third-order valence-electron chi connectivity index (χ3n) is 5.22. The average Bonchev–Trinajstić information content (AvgIpc) is 2.90. The number of para-hydroxylation sites is 1. The highest BCUT2D eigenvalue weighted by atomic mass is 35.5. The summed E-state index contributed by atoms with van der Waals surface area (Å²) in [5.74, 6) is -1.46. The normalized spacial score (nSPS) is 11.0. The summed E-state index contributed by atoms with van der Waals surface area (Å²) < 4.78 is 5.30. The fourth-order valence-corrected chi connectivity index (χ4v) is 4.50. The van der Waals surface area contributed by atoms with E-state index in [0.29, 0.717) is 21.8 Å². The van der Waals surface area contributed by atoms with Gasteiger partial charge in [-0.2, -0.15) is 0 Å². The monoisotopic (exact) mass is 503 g/mol. The van der Waals surface area contributed by atoms with Crippen LogP contribution in [-0.2, 0) is 19.9 Å². The Morgan fingerprint density at radius 2 is 1.34 bits per heavy atom. The maximum absolute atomic E-state index is 13.1. The van der Waals surface area contributed by atoms with E-state index in [0.717, 1.165) is 9.79 Å².